The van der Waals surface area contributed by atoms with E-state index in [0.717, 1.165) is 17.8 Å². The highest BCUT2D eigenvalue weighted by Crippen LogP contribution is 2.28. The monoisotopic (exact) mass is 254 g/mol. The second-order valence-electron chi connectivity index (χ2n) is 4.56. The Labute approximate surface area is 111 Å². The fraction of sp³-hybridized carbons (Fsp3) is 0.286. The van der Waals surface area contributed by atoms with Crippen LogP contribution in [0.25, 0.3) is 0 Å². The molecule has 1 atom stereocenters. The molecule has 3 rings (SSSR count). The van der Waals surface area contributed by atoms with Gasteiger partial charge in [-0.25, -0.2) is 0 Å². The number of fused-ring (bicyclic) bond motifs is 1. The summed E-state index contributed by atoms with van der Waals surface area (Å²) in [4.78, 5) is 26.8. The second-order valence-corrected chi connectivity index (χ2v) is 4.56. The minimum Gasteiger partial charge on any atom is -0.310 e. The van der Waals surface area contributed by atoms with Crippen molar-refractivity contribution in [3.8, 4) is 0 Å². The second kappa shape index (κ2) is 4.76. The van der Waals surface area contributed by atoms with Crippen molar-refractivity contribution in [1.29, 1.82) is 0 Å². The third kappa shape index (κ3) is 2.07. The Kier molecular flexibility index (Phi) is 2.95. The number of nitrogens with zero attached hydrogens (tertiary/aromatic N) is 4. The van der Waals surface area contributed by atoms with Crippen molar-refractivity contribution in [2.75, 3.05) is 11.4 Å². The SMILES string of the molecule is CC(C(=O)N1CCc2ncccc21)c1cnccn1. The van der Waals surface area contributed by atoms with Gasteiger partial charge in [0.1, 0.15) is 0 Å². The molecule has 1 unspecified atom stereocenters. The number of carbonyl (C=O) groups excluding carboxylic acids is 1. The standard InChI is InChI=1S/C14H14N4O/c1-10(12-9-15-6-7-17-12)14(19)18-8-4-11-13(18)3-2-5-16-11/h2-3,5-7,9-10H,4,8H2,1H3. The van der Waals surface area contributed by atoms with Crippen LogP contribution in [-0.2, 0) is 11.2 Å². The van der Waals surface area contributed by atoms with Crippen molar-refractivity contribution in [1.82, 2.24) is 15.0 Å². The molecule has 0 aromatic carbocycles. The summed E-state index contributed by atoms with van der Waals surface area (Å²) in [5.74, 6) is -0.243. The molecule has 0 saturated carbocycles. The van der Waals surface area contributed by atoms with E-state index in [1.165, 1.54) is 0 Å². The summed E-state index contributed by atoms with van der Waals surface area (Å²) in [6, 6.07) is 3.80. The molecule has 2 aromatic heterocycles. The first-order chi connectivity index (χ1) is 9.27. The van der Waals surface area contributed by atoms with Gasteiger partial charge in [-0.1, -0.05) is 0 Å². The lowest BCUT2D eigenvalue weighted by molar-refractivity contribution is -0.119. The molecule has 3 heterocycles. The predicted molar refractivity (Wildman–Crippen MR) is 70.7 cm³/mol. The molecule has 0 N–H and O–H groups in total. The Morgan fingerprint density at radius 1 is 1.32 bits per heavy atom. The quantitative estimate of drug-likeness (QED) is 0.816. The number of pyridine rings is 1. The molecule has 2 aromatic rings. The first kappa shape index (κ1) is 11.8. The third-order valence-corrected chi connectivity index (χ3v) is 3.39. The van der Waals surface area contributed by atoms with E-state index in [1.807, 2.05) is 19.1 Å². The van der Waals surface area contributed by atoms with Crippen LogP contribution in [0, 0.1) is 0 Å². The maximum atomic E-state index is 12.5. The Morgan fingerprint density at radius 3 is 3.00 bits per heavy atom. The van der Waals surface area contributed by atoms with Gasteiger partial charge in [-0.05, 0) is 19.1 Å². The van der Waals surface area contributed by atoms with Gasteiger partial charge in [-0.15, -0.1) is 0 Å². The third-order valence-electron chi connectivity index (χ3n) is 3.39. The molecule has 0 spiro atoms. The highest BCUT2D eigenvalue weighted by Gasteiger charge is 2.29. The van der Waals surface area contributed by atoms with E-state index < -0.39 is 0 Å². The van der Waals surface area contributed by atoms with E-state index >= 15 is 0 Å². The van der Waals surface area contributed by atoms with Crippen molar-refractivity contribution in [3.05, 3.63) is 48.3 Å². The summed E-state index contributed by atoms with van der Waals surface area (Å²) in [7, 11) is 0. The zero-order chi connectivity index (χ0) is 13.2. The van der Waals surface area contributed by atoms with E-state index in [2.05, 4.69) is 15.0 Å². The average molecular weight is 254 g/mol. The normalized spacial score (nSPS) is 15.1. The van der Waals surface area contributed by atoms with Crippen LogP contribution in [0.1, 0.15) is 24.2 Å². The number of rotatable bonds is 2. The Hall–Kier alpha value is -2.30. The smallest absolute Gasteiger partial charge is 0.235 e. The molecule has 1 amide bonds. The van der Waals surface area contributed by atoms with Crippen molar-refractivity contribution in [3.63, 3.8) is 0 Å². The van der Waals surface area contributed by atoms with Crippen LogP contribution < -0.4 is 4.90 Å². The Morgan fingerprint density at radius 2 is 2.21 bits per heavy atom. The maximum Gasteiger partial charge on any atom is 0.235 e. The lowest BCUT2D eigenvalue weighted by atomic mass is 10.1. The molecule has 5 heteroatoms. The van der Waals surface area contributed by atoms with Gasteiger partial charge in [0.25, 0.3) is 0 Å². The predicted octanol–water partition coefficient (Wildman–Crippen LogP) is 1.56. The molecule has 0 saturated heterocycles. The van der Waals surface area contributed by atoms with E-state index in [4.69, 9.17) is 0 Å². The fourth-order valence-electron chi connectivity index (χ4n) is 2.33. The van der Waals surface area contributed by atoms with Gasteiger partial charge in [0.15, 0.2) is 0 Å². The molecular formula is C14H14N4O. The summed E-state index contributed by atoms with van der Waals surface area (Å²) in [5, 5.41) is 0. The van der Waals surface area contributed by atoms with Crippen molar-refractivity contribution < 1.29 is 4.79 Å². The largest absolute Gasteiger partial charge is 0.310 e. The number of hydrogen-bond donors (Lipinski definition) is 0. The van der Waals surface area contributed by atoms with Crippen LogP contribution in [0.2, 0.25) is 0 Å². The average Bonchev–Trinajstić information content (AvgIpc) is 2.90. The summed E-state index contributed by atoms with van der Waals surface area (Å²) in [5.41, 5.74) is 2.61. The zero-order valence-corrected chi connectivity index (χ0v) is 10.7. The molecule has 1 aliphatic rings. The van der Waals surface area contributed by atoms with Crippen LogP contribution in [0.15, 0.2) is 36.9 Å². The highest BCUT2D eigenvalue weighted by molar-refractivity contribution is 5.99. The lowest BCUT2D eigenvalue weighted by Gasteiger charge is -2.20. The van der Waals surface area contributed by atoms with Gasteiger partial charge in [0.2, 0.25) is 5.91 Å². The first-order valence-electron chi connectivity index (χ1n) is 6.28. The number of carbonyl (C=O) groups is 1. The van der Waals surface area contributed by atoms with Gasteiger partial charge < -0.3 is 4.90 Å². The minimum atomic E-state index is -0.292. The number of hydrogen-bond acceptors (Lipinski definition) is 4. The Bertz CT molecular complexity index is 599. The van der Waals surface area contributed by atoms with E-state index in [1.54, 1.807) is 29.7 Å². The molecular weight excluding hydrogens is 240 g/mol. The molecule has 0 radical (unpaired) electrons. The van der Waals surface area contributed by atoms with Crippen LogP contribution in [-0.4, -0.2) is 27.4 Å². The molecule has 0 aliphatic carbocycles. The molecule has 96 valence electrons. The lowest BCUT2D eigenvalue weighted by Crippen LogP contribution is -2.33. The molecule has 0 fully saturated rings. The highest BCUT2D eigenvalue weighted by atomic mass is 16.2. The van der Waals surface area contributed by atoms with Crippen LogP contribution in [0.3, 0.4) is 0 Å². The maximum absolute atomic E-state index is 12.5. The number of anilines is 1. The van der Waals surface area contributed by atoms with Gasteiger partial charge in [0.05, 0.1) is 23.0 Å². The van der Waals surface area contributed by atoms with Crippen molar-refractivity contribution in [2.45, 2.75) is 19.3 Å². The Balaban J connectivity index is 1.86. The molecule has 0 bridgehead atoms. The van der Waals surface area contributed by atoms with Gasteiger partial charge in [-0.2, -0.15) is 0 Å². The fourth-order valence-corrected chi connectivity index (χ4v) is 2.33. The number of amides is 1. The topological polar surface area (TPSA) is 59.0 Å². The van der Waals surface area contributed by atoms with Crippen molar-refractivity contribution in [2.24, 2.45) is 0 Å². The molecule has 1 aliphatic heterocycles. The molecule has 5 nitrogen and oxygen atoms in total. The summed E-state index contributed by atoms with van der Waals surface area (Å²) >= 11 is 0. The van der Waals surface area contributed by atoms with Crippen molar-refractivity contribution >= 4 is 11.6 Å². The van der Waals surface area contributed by atoms with Gasteiger partial charge in [-0.3, -0.25) is 19.7 Å². The van der Waals surface area contributed by atoms with Crippen LogP contribution >= 0.6 is 0 Å². The van der Waals surface area contributed by atoms with E-state index in [-0.39, 0.29) is 11.8 Å². The van der Waals surface area contributed by atoms with Crippen LogP contribution in [0.5, 0.6) is 0 Å². The first-order valence-corrected chi connectivity index (χ1v) is 6.28. The minimum absolute atomic E-state index is 0.0484. The van der Waals surface area contributed by atoms with E-state index in [0.29, 0.717) is 12.2 Å². The van der Waals surface area contributed by atoms with E-state index in [9.17, 15) is 4.79 Å². The van der Waals surface area contributed by atoms with Crippen LogP contribution in [0.4, 0.5) is 5.69 Å². The number of aromatic nitrogens is 3. The summed E-state index contributed by atoms with van der Waals surface area (Å²) in [6.45, 7) is 2.55. The summed E-state index contributed by atoms with van der Waals surface area (Å²) in [6.07, 6.45) is 7.44. The zero-order valence-electron chi connectivity index (χ0n) is 10.7. The van der Waals surface area contributed by atoms with Gasteiger partial charge >= 0.3 is 0 Å². The van der Waals surface area contributed by atoms with Gasteiger partial charge in [0, 0.05) is 37.8 Å². The summed E-state index contributed by atoms with van der Waals surface area (Å²) < 4.78 is 0. The molecule has 19 heavy (non-hydrogen) atoms.